The molecule has 1 aromatic heterocycles. The van der Waals surface area contributed by atoms with Gasteiger partial charge in [-0.05, 0) is 30.5 Å². The zero-order valence-corrected chi connectivity index (χ0v) is 12.6. The van der Waals surface area contributed by atoms with E-state index < -0.39 is 21.0 Å². The van der Waals surface area contributed by atoms with E-state index in [2.05, 4.69) is 5.32 Å². The third kappa shape index (κ3) is 2.90. The van der Waals surface area contributed by atoms with E-state index in [0.717, 1.165) is 12.8 Å². The highest BCUT2D eigenvalue weighted by Gasteiger charge is 2.44. The number of furan rings is 1. The first kappa shape index (κ1) is 14.8. The van der Waals surface area contributed by atoms with Crippen molar-refractivity contribution in [2.75, 3.05) is 6.54 Å². The zero-order chi connectivity index (χ0) is 15.8. The summed E-state index contributed by atoms with van der Waals surface area (Å²) in [6.07, 6.45) is 2.02. The lowest BCUT2D eigenvalue weighted by Gasteiger charge is -2.16. The number of carbonyl (C=O) groups excluding carboxylic acids is 1. The third-order valence-corrected chi connectivity index (χ3v) is 4.69. The normalized spacial score (nSPS) is 16.2. The summed E-state index contributed by atoms with van der Waals surface area (Å²) in [5.74, 6) is -0.509. The summed E-state index contributed by atoms with van der Waals surface area (Å²) in [4.78, 5) is 12.1. The molecule has 7 heteroatoms. The van der Waals surface area contributed by atoms with Gasteiger partial charge in [-0.15, -0.1) is 0 Å². The third-order valence-electron chi connectivity index (χ3n) is 3.91. The highest BCUT2D eigenvalue weighted by molar-refractivity contribution is 7.89. The number of rotatable bonds is 5. The molecule has 0 radical (unpaired) electrons. The van der Waals surface area contributed by atoms with Crippen LogP contribution in [0.4, 0.5) is 0 Å². The summed E-state index contributed by atoms with van der Waals surface area (Å²) in [7, 11) is -3.94. The molecule has 0 saturated heterocycles. The van der Waals surface area contributed by atoms with Crippen LogP contribution in [-0.2, 0) is 15.4 Å². The van der Waals surface area contributed by atoms with Crippen molar-refractivity contribution in [2.24, 2.45) is 5.14 Å². The molecular weight excluding hydrogens is 304 g/mol. The molecule has 1 aromatic carbocycles. The molecule has 22 heavy (non-hydrogen) atoms. The molecule has 1 aliphatic rings. The molecule has 3 rings (SSSR count). The van der Waals surface area contributed by atoms with Gasteiger partial charge in [0, 0.05) is 12.0 Å². The highest BCUT2D eigenvalue weighted by Crippen LogP contribution is 2.47. The van der Waals surface area contributed by atoms with E-state index in [1.54, 1.807) is 0 Å². The van der Waals surface area contributed by atoms with Gasteiger partial charge in [-0.25, -0.2) is 13.6 Å². The molecule has 6 nitrogen and oxygen atoms in total. The lowest BCUT2D eigenvalue weighted by Crippen LogP contribution is -2.32. The molecule has 1 saturated carbocycles. The van der Waals surface area contributed by atoms with Crippen molar-refractivity contribution in [3.63, 3.8) is 0 Å². The molecule has 116 valence electrons. The number of benzene rings is 1. The standard InChI is InChI=1S/C15H16N2O4S/c16-22(19,20)13-7-6-12(21-13)14(18)17-10-15(8-9-15)11-4-2-1-3-5-11/h1-7H,8-10H2,(H,17,18)(H2,16,19,20). The number of nitrogens with one attached hydrogen (secondary N) is 1. The topological polar surface area (TPSA) is 102 Å². The first-order chi connectivity index (χ1) is 10.4. The summed E-state index contributed by atoms with van der Waals surface area (Å²) in [6, 6.07) is 12.5. The number of hydrogen-bond acceptors (Lipinski definition) is 4. The van der Waals surface area contributed by atoms with Crippen molar-refractivity contribution in [1.82, 2.24) is 5.32 Å². The van der Waals surface area contributed by atoms with E-state index >= 15 is 0 Å². The van der Waals surface area contributed by atoms with Crippen LogP contribution in [0.1, 0.15) is 29.0 Å². The lowest BCUT2D eigenvalue weighted by atomic mass is 9.96. The summed E-state index contributed by atoms with van der Waals surface area (Å²) in [5.41, 5.74) is 1.17. The molecule has 0 aliphatic heterocycles. The fourth-order valence-corrected chi connectivity index (χ4v) is 2.91. The predicted molar refractivity (Wildman–Crippen MR) is 79.8 cm³/mol. The van der Waals surface area contributed by atoms with Crippen molar-refractivity contribution in [2.45, 2.75) is 23.3 Å². The van der Waals surface area contributed by atoms with Gasteiger partial charge < -0.3 is 9.73 Å². The van der Waals surface area contributed by atoms with Crippen LogP contribution in [0.5, 0.6) is 0 Å². The maximum Gasteiger partial charge on any atom is 0.287 e. The number of hydrogen-bond donors (Lipinski definition) is 2. The van der Waals surface area contributed by atoms with E-state index in [9.17, 15) is 13.2 Å². The van der Waals surface area contributed by atoms with Gasteiger partial charge in [-0.3, -0.25) is 4.79 Å². The molecule has 1 fully saturated rings. The van der Waals surface area contributed by atoms with Gasteiger partial charge in [0.15, 0.2) is 5.76 Å². The Balaban J connectivity index is 1.67. The van der Waals surface area contributed by atoms with Crippen LogP contribution in [0.25, 0.3) is 0 Å². The SMILES string of the molecule is NS(=O)(=O)c1ccc(C(=O)NCC2(c3ccccc3)CC2)o1. The lowest BCUT2D eigenvalue weighted by molar-refractivity contribution is 0.0916. The van der Waals surface area contributed by atoms with Crippen LogP contribution < -0.4 is 10.5 Å². The maximum absolute atomic E-state index is 12.1. The van der Waals surface area contributed by atoms with E-state index in [1.165, 1.54) is 17.7 Å². The van der Waals surface area contributed by atoms with Crippen molar-refractivity contribution >= 4 is 15.9 Å². The smallest absolute Gasteiger partial charge is 0.287 e. The highest BCUT2D eigenvalue weighted by atomic mass is 32.2. The van der Waals surface area contributed by atoms with Crippen LogP contribution in [0, 0.1) is 0 Å². The zero-order valence-electron chi connectivity index (χ0n) is 11.8. The Labute approximate surface area is 128 Å². The number of primary sulfonamides is 1. The predicted octanol–water partition coefficient (Wildman–Crippen LogP) is 1.39. The number of nitrogens with two attached hydrogens (primary N) is 1. The average molecular weight is 320 g/mol. The van der Waals surface area contributed by atoms with Crippen LogP contribution >= 0.6 is 0 Å². The Morgan fingerprint density at radius 3 is 2.41 bits per heavy atom. The Bertz CT molecular complexity index is 792. The molecule has 0 atom stereocenters. The first-order valence-electron chi connectivity index (χ1n) is 6.87. The second-order valence-corrected chi connectivity index (χ2v) is 6.99. The van der Waals surface area contributed by atoms with Gasteiger partial charge in [0.05, 0.1) is 0 Å². The van der Waals surface area contributed by atoms with Crippen molar-refractivity contribution in [3.05, 3.63) is 53.8 Å². The van der Waals surface area contributed by atoms with E-state index in [1.807, 2.05) is 30.3 Å². The van der Waals surface area contributed by atoms with Gasteiger partial charge in [0.2, 0.25) is 5.09 Å². The molecule has 1 aliphatic carbocycles. The van der Waals surface area contributed by atoms with E-state index in [-0.39, 0.29) is 11.2 Å². The van der Waals surface area contributed by atoms with E-state index in [0.29, 0.717) is 6.54 Å². The largest absolute Gasteiger partial charge is 0.438 e. The Morgan fingerprint density at radius 1 is 1.18 bits per heavy atom. The molecule has 1 amide bonds. The van der Waals surface area contributed by atoms with Crippen molar-refractivity contribution < 1.29 is 17.6 Å². The second-order valence-electron chi connectivity index (χ2n) is 5.49. The maximum atomic E-state index is 12.1. The van der Waals surface area contributed by atoms with Gasteiger partial charge in [-0.2, -0.15) is 0 Å². The van der Waals surface area contributed by atoms with Crippen LogP contribution in [0.2, 0.25) is 0 Å². The average Bonchev–Trinajstić information content (AvgIpc) is 3.11. The van der Waals surface area contributed by atoms with Gasteiger partial charge in [0.1, 0.15) is 0 Å². The Hall–Kier alpha value is -2.12. The number of carbonyl (C=O) groups is 1. The summed E-state index contributed by atoms with van der Waals surface area (Å²) in [6.45, 7) is 0.487. The Morgan fingerprint density at radius 2 is 1.86 bits per heavy atom. The number of sulfonamides is 1. The monoisotopic (exact) mass is 320 g/mol. The molecular formula is C15H16N2O4S. The minimum absolute atomic E-state index is 0.0215. The van der Waals surface area contributed by atoms with Crippen LogP contribution in [-0.4, -0.2) is 20.9 Å². The number of amides is 1. The molecule has 2 aromatic rings. The molecule has 1 heterocycles. The van der Waals surface area contributed by atoms with Crippen LogP contribution in [0.3, 0.4) is 0 Å². The van der Waals surface area contributed by atoms with Gasteiger partial charge >= 0.3 is 0 Å². The van der Waals surface area contributed by atoms with Gasteiger partial charge in [0.25, 0.3) is 15.9 Å². The van der Waals surface area contributed by atoms with Crippen LogP contribution in [0.15, 0.2) is 52.0 Å². The Kier molecular flexibility index (Phi) is 3.54. The van der Waals surface area contributed by atoms with Gasteiger partial charge in [-0.1, -0.05) is 30.3 Å². The second kappa shape index (κ2) is 5.26. The molecule has 0 unspecified atom stereocenters. The quantitative estimate of drug-likeness (QED) is 0.869. The molecule has 0 spiro atoms. The fourth-order valence-electron chi connectivity index (χ4n) is 2.44. The molecule has 3 N–H and O–H groups in total. The first-order valence-corrected chi connectivity index (χ1v) is 8.42. The minimum Gasteiger partial charge on any atom is -0.438 e. The van der Waals surface area contributed by atoms with Crippen molar-refractivity contribution in [3.8, 4) is 0 Å². The summed E-state index contributed by atoms with van der Waals surface area (Å²) in [5, 5.41) is 7.33. The summed E-state index contributed by atoms with van der Waals surface area (Å²) < 4.78 is 27.2. The summed E-state index contributed by atoms with van der Waals surface area (Å²) >= 11 is 0. The van der Waals surface area contributed by atoms with E-state index in [4.69, 9.17) is 9.56 Å². The fraction of sp³-hybridized carbons (Fsp3) is 0.267. The molecule has 0 bridgehead atoms. The van der Waals surface area contributed by atoms with Crippen molar-refractivity contribution in [1.29, 1.82) is 0 Å². The minimum atomic E-state index is -3.94.